The van der Waals surface area contributed by atoms with Gasteiger partial charge in [0, 0.05) is 12.6 Å². The molecule has 11 heavy (non-hydrogen) atoms. The lowest BCUT2D eigenvalue weighted by atomic mass is 10.1. The van der Waals surface area contributed by atoms with E-state index in [0.717, 1.165) is 6.42 Å². The number of hydrogen-bond acceptors (Lipinski definition) is 2. The maximum atomic E-state index is 8.79. The normalized spacial score (nSPS) is 26.2. The predicted molar refractivity (Wildman–Crippen MR) is 46.6 cm³/mol. The van der Waals surface area contributed by atoms with Crippen molar-refractivity contribution < 1.29 is 5.11 Å². The third-order valence-corrected chi connectivity index (χ3v) is 2.47. The fraction of sp³-hybridized carbons (Fsp3) is 1.00. The Hall–Kier alpha value is -0.0800. The molecule has 0 aromatic rings. The van der Waals surface area contributed by atoms with Crippen molar-refractivity contribution in [1.29, 1.82) is 0 Å². The second-order valence-corrected chi connectivity index (χ2v) is 3.34. The largest absolute Gasteiger partial charge is 0.396 e. The van der Waals surface area contributed by atoms with Crippen molar-refractivity contribution in [2.75, 3.05) is 19.7 Å². The molecule has 1 rings (SSSR count). The number of aliphatic hydroxyl groups is 1. The average Bonchev–Trinajstić information content (AvgIpc) is 2.39. The van der Waals surface area contributed by atoms with Gasteiger partial charge in [0.05, 0.1) is 0 Å². The lowest BCUT2D eigenvalue weighted by Crippen LogP contribution is -2.30. The molecule has 0 aromatic heterocycles. The van der Waals surface area contributed by atoms with E-state index in [1.54, 1.807) is 0 Å². The van der Waals surface area contributed by atoms with Gasteiger partial charge in [-0.15, -0.1) is 0 Å². The molecule has 0 spiro atoms. The first-order valence-corrected chi connectivity index (χ1v) is 4.73. The zero-order chi connectivity index (χ0) is 8.10. The van der Waals surface area contributed by atoms with Crippen molar-refractivity contribution in [3.63, 3.8) is 0 Å². The van der Waals surface area contributed by atoms with Gasteiger partial charge in [0.15, 0.2) is 0 Å². The van der Waals surface area contributed by atoms with E-state index in [9.17, 15) is 0 Å². The molecule has 1 aliphatic heterocycles. The van der Waals surface area contributed by atoms with Gasteiger partial charge in [0.2, 0.25) is 0 Å². The quantitative estimate of drug-likeness (QED) is 0.663. The highest BCUT2D eigenvalue weighted by Gasteiger charge is 2.22. The number of likely N-dealkylation sites (tertiary alicyclic amines) is 1. The maximum Gasteiger partial charge on any atom is 0.0445 e. The van der Waals surface area contributed by atoms with E-state index in [1.165, 1.54) is 32.4 Å². The number of hydrogen-bond donors (Lipinski definition) is 1. The highest BCUT2D eigenvalue weighted by molar-refractivity contribution is 4.78. The Morgan fingerprint density at radius 2 is 2.36 bits per heavy atom. The minimum atomic E-state index is 0.352. The van der Waals surface area contributed by atoms with Crippen LogP contribution in [0.3, 0.4) is 0 Å². The van der Waals surface area contributed by atoms with Gasteiger partial charge in [-0.3, -0.25) is 0 Å². The second kappa shape index (κ2) is 4.73. The molecule has 1 atom stereocenters. The maximum absolute atomic E-state index is 8.79. The van der Waals surface area contributed by atoms with Crippen LogP contribution in [-0.2, 0) is 0 Å². The van der Waals surface area contributed by atoms with Gasteiger partial charge < -0.3 is 10.0 Å². The molecule has 0 aromatic carbocycles. The van der Waals surface area contributed by atoms with Crippen LogP contribution < -0.4 is 0 Å². The molecular weight excluding hydrogens is 138 g/mol. The molecule has 2 heteroatoms. The zero-order valence-corrected chi connectivity index (χ0v) is 7.42. The highest BCUT2D eigenvalue weighted by atomic mass is 16.3. The summed E-state index contributed by atoms with van der Waals surface area (Å²) >= 11 is 0. The molecular formula is C9H19NO. The first-order chi connectivity index (χ1) is 5.38. The summed E-state index contributed by atoms with van der Waals surface area (Å²) in [5.74, 6) is 0. The molecule has 0 saturated carbocycles. The number of rotatable bonds is 4. The van der Waals surface area contributed by atoms with Gasteiger partial charge in [-0.1, -0.05) is 6.92 Å². The lowest BCUT2D eigenvalue weighted by molar-refractivity contribution is 0.195. The number of aliphatic hydroxyl groups excluding tert-OH is 1. The van der Waals surface area contributed by atoms with Crippen molar-refractivity contribution in [3.05, 3.63) is 0 Å². The molecule has 1 heterocycles. The lowest BCUT2D eigenvalue weighted by Gasteiger charge is -2.22. The Morgan fingerprint density at radius 1 is 1.55 bits per heavy atom. The van der Waals surface area contributed by atoms with Crippen molar-refractivity contribution in [2.24, 2.45) is 0 Å². The summed E-state index contributed by atoms with van der Waals surface area (Å²) in [5.41, 5.74) is 0. The molecule has 1 unspecified atom stereocenters. The van der Waals surface area contributed by atoms with Crippen LogP contribution >= 0.6 is 0 Å². The molecule has 66 valence electrons. The van der Waals surface area contributed by atoms with Crippen molar-refractivity contribution in [3.8, 4) is 0 Å². The molecule has 1 aliphatic rings. The van der Waals surface area contributed by atoms with Crippen LogP contribution in [0.1, 0.15) is 32.6 Å². The van der Waals surface area contributed by atoms with Crippen molar-refractivity contribution >= 4 is 0 Å². The van der Waals surface area contributed by atoms with E-state index in [0.29, 0.717) is 12.6 Å². The highest BCUT2D eigenvalue weighted by Crippen LogP contribution is 2.19. The monoisotopic (exact) mass is 157 g/mol. The first-order valence-electron chi connectivity index (χ1n) is 4.73. The van der Waals surface area contributed by atoms with Gasteiger partial charge in [-0.05, 0) is 38.8 Å². The van der Waals surface area contributed by atoms with Gasteiger partial charge in [-0.2, -0.15) is 0 Å². The Labute approximate surface area is 69.2 Å². The Balaban J connectivity index is 2.25. The summed E-state index contributed by atoms with van der Waals surface area (Å²) in [7, 11) is 0. The van der Waals surface area contributed by atoms with Crippen molar-refractivity contribution in [1.82, 2.24) is 4.90 Å². The Bertz CT molecular complexity index is 93.7. The van der Waals surface area contributed by atoms with E-state index in [-0.39, 0.29) is 0 Å². The van der Waals surface area contributed by atoms with Gasteiger partial charge in [-0.25, -0.2) is 0 Å². The van der Waals surface area contributed by atoms with E-state index in [2.05, 4.69) is 11.8 Å². The van der Waals surface area contributed by atoms with E-state index in [4.69, 9.17) is 5.11 Å². The summed E-state index contributed by atoms with van der Waals surface area (Å²) in [6, 6.07) is 0.681. The smallest absolute Gasteiger partial charge is 0.0445 e. The fourth-order valence-corrected chi connectivity index (χ4v) is 1.95. The second-order valence-electron chi connectivity index (χ2n) is 3.34. The molecule has 1 saturated heterocycles. The minimum Gasteiger partial charge on any atom is -0.396 e. The van der Waals surface area contributed by atoms with E-state index < -0.39 is 0 Å². The molecule has 1 fully saturated rings. The first kappa shape index (κ1) is 9.01. The van der Waals surface area contributed by atoms with Crippen LogP contribution in [0.5, 0.6) is 0 Å². The Kier molecular flexibility index (Phi) is 3.87. The van der Waals surface area contributed by atoms with Gasteiger partial charge >= 0.3 is 0 Å². The van der Waals surface area contributed by atoms with Gasteiger partial charge in [0.1, 0.15) is 0 Å². The van der Waals surface area contributed by atoms with Crippen molar-refractivity contribution in [2.45, 2.75) is 38.6 Å². The summed E-state index contributed by atoms with van der Waals surface area (Å²) in [6.45, 7) is 5.03. The predicted octanol–water partition coefficient (Wildman–Crippen LogP) is 1.24. The van der Waals surface area contributed by atoms with E-state index in [1.807, 2.05) is 0 Å². The van der Waals surface area contributed by atoms with Crippen LogP contribution in [0.2, 0.25) is 0 Å². The van der Waals surface area contributed by atoms with Crippen LogP contribution in [0, 0.1) is 0 Å². The zero-order valence-electron chi connectivity index (χ0n) is 7.42. The molecule has 1 N–H and O–H groups in total. The van der Waals surface area contributed by atoms with Crippen LogP contribution in [0.25, 0.3) is 0 Å². The molecule has 0 amide bonds. The van der Waals surface area contributed by atoms with E-state index >= 15 is 0 Å². The summed E-state index contributed by atoms with van der Waals surface area (Å²) in [5, 5.41) is 8.79. The molecule has 0 bridgehead atoms. The van der Waals surface area contributed by atoms with Crippen LogP contribution in [0.15, 0.2) is 0 Å². The SMILES string of the molecule is CCCN1CCCC1CCO. The fourth-order valence-electron chi connectivity index (χ4n) is 1.95. The van der Waals surface area contributed by atoms with Crippen LogP contribution in [-0.4, -0.2) is 35.7 Å². The molecule has 0 aliphatic carbocycles. The number of nitrogens with zero attached hydrogens (tertiary/aromatic N) is 1. The third-order valence-electron chi connectivity index (χ3n) is 2.47. The summed E-state index contributed by atoms with van der Waals surface area (Å²) in [4.78, 5) is 2.51. The topological polar surface area (TPSA) is 23.5 Å². The molecule has 2 nitrogen and oxygen atoms in total. The standard InChI is InChI=1S/C9H19NO/c1-2-6-10-7-3-4-9(10)5-8-11/h9,11H,2-8H2,1H3. The average molecular weight is 157 g/mol. The molecule has 0 radical (unpaired) electrons. The third kappa shape index (κ3) is 2.46. The summed E-state index contributed by atoms with van der Waals surface area (Å²) < 4.78 is 0. The summed E-state index contributed by atoms with van der Waals surface area (Å²) in [6.07, 6.45) is 4.83. The van der Waals surface area contributed by atoms with Gasteiger partial charge in [0.25, 0.3) is 0 Å². The minimum absolute atomic E-state index is 0.352. The Morgan fingerprint density at radius 3 is 3.00 bits per heavy atom. The van der Waals surface area contributed by atoms with Crippen LogP contribution in [0.4, 0.5) is 0 Å².